The first kappa shape index (κ1) is 18.0. The maximum Gasteiger partial charge on any atom is 0.251 e. The molecule has 1 aliphatic carbocycles. The van der Waals surface area contributed by atoms with E-state index >= 15 is 0 Å². The van der Waals surface area contributed by atoms with Gasteiger partial charge in [-0.05, 0) is 62.3 Å². The predicted octanol–water partition coefficient (Wildman–Crippen LogP) is 5.13. The minimum absolute atomic E-state index is 0.0594. The Morgan fingerprint density at radius 1 is 1.19 bits per heavy atom. The number of carbonyl (C=O) groups excluding carboxylic acids is 1. The van der Waals surface area contributed by atoms with Crippen LogP contribution >= 0.6 is 11.6 Å². The first-order valence-corrected chi connectivity index (χ1v) is 9.95. The van der Waals surface area contributed by atoms with E-state index in [0.29, 0.717) is 5.56 Å². The van der Waals surface area contributed by atoms with Crippen LogP contribution in [0.5, 0.6) is 0 Å². The van der Waals surface area contributed by atoms with Crippen LogP contribution in [0.1, 0.15) is 46.9 Å². The Bertz CT molecular complexity index is 985. The van der Waals surface area contributed by atoms with Crippen molar-refractivity contribution in [3.8, 4) is 0 Å². The van der Waals surface area contributed by atoms with Gasteiger partial charge in [0.1, 0.15) is 0 Å². The molecule has 4 rings (SSSR count). The Balaban J connectivity index is 1.47. The zero-order chi connectivity index (χ0) is 18.8. The van der Waals surface area contributed by atoms with E-state index < -0.39 is 0 Å². The number of benzene rings is 2. The predicted molar refractivity (Wildman–Crippen MR) is 110 cm³/mol. The minimum atomic E-state index is -0.0594. The number of halogens is 1. The number of amides is 1. The molecular formula is C23H23ClN2O. The van der Waals surface area contributed by atoms with Gasteiger partial charge in [0.05, 0.1) is 10.5 Å². The zero-order valence-corrected chi connectivity index (χ0v) is 16.2. The molecule has 0 radical (unpaired) electrons. The van der Waals surface area contributed by atoms with Crippen molar-refractivity contribution in [3.63, 3.8) is 0 Å². The van der Waals surface area contributed by atoms with Gasteiger partial charge in [-0.15, -0.1) is 0 Å². The number of aromatic nitrogens is 1. The fourth-order valence-electron chi connectivity index (χ4n) is 3.75. The largest absolute Gasteiger partial charge is 0.350 e. The highest BCUT2D eigenvalue weighted by molar-refractivity contribution is 6.36. The number of aryl methyl sites for hydroxylation is 2. The first-order valence-electron chi connectivity index (χ1n) is 9.57. The number of nitrogens with zero attached hydrogens (tertiary/aromatic N) is 1. The lowest BCUT2D eigenvalue weighted by Gasteiger charge is -2.14. The number of fused-ring (bicyclic) bond motifs is 2. The highest BCUT2D eigenvalue weighted by Gasteiger charge is 2.19. The fourth-order valence-corrected chi connectivity index (χ4v) is 4.12. The first-order chi connectivity index (χ1) is 13.1. The van der Waals surface area contributed by atoms with E-state index in [9.17, 15) is 4.79 Å². The second-order valence-corrected chi connectivity index (χ2v) is 7.71. The van der Waals surface area contributed by atoms with Crippen LogP contribution < -0.4 is 5.32 Å². The van der Waals surface area contributed by atoms with Crippen molar-refractivity contribution in [3.05, 3.63) is 75.9 Å². The Kier molecular flexibility index (Phi) is 5.13. The molecule has 1 N–H and O–H groups in total. The average molecular weight is 379 g/mol. The molecule has 0 saturated heterocycles. The second-order valence-electron chi connectivity index (χ2n) is 7.34. The zero-order valence-electron chi connectivity index (χ0n) is 15.5. The molecule has 27 heavy (non-hydrogen) atoms. The molecule has 0 fully saturated rings. The van der Waals surface area contributed by atoms with Crippen LogP contribution in [-0.4, -0.2) is 16.9 Å². The van der Waals surface area contributed by atoms with Crippen LogP contribution in [0.2, 0.25) is 5.02 Å². The topological polar surface area (TPSA) is 42.0 Å². The van der Waals surface area contributed by atoms with Crippen molar-refractivity contribution in [1.29, 1.82) is 0 Å². The number of hydrogen-bond acceptors (Lipinski definition) is 2. The molecule has 0 unspecified atom stereocenters. The summed E-state index contributed by atoms with van der Waals surface area (Å²) in [5, 5.41) is 4.84. The van der Waals surface area contributed by atoms with E-state index in [1.165, 1.54) is 11.1 Å². The van der Waals surface area contributed by atoms with E-state index in [1.807, 2.05) is 43.3 Å². The molecule has 4 heteroatoms. The lowest BCUT2D eigenvalue weighted by atomic mass is 10.0. The van der Waals surface area contributed by atoms with Gasteiger partial charge in [0, 0.05) is 22.7 Å². The van der Waals surface area contributed by atoms with E-state index in [1.54, 1.807) is 0 Å². The van der Waals surface area contributed by atoms with Gasteiger partial charge in [-0.1, -0.05) is 48.0 Å². The van der Waals surface area contributed by atoms with Crippen LogP contribution in [0.25, 0.3) is 10.9 Å². The van der Waals surface area contributed by atoms with Crippen LogP contribution in [0, 0.1) is 0 Å². The van der Waals surface area contributed by atoms with Gasteiger partial charge >= 0.3 is 0 Å². The highest BCUT2D eigenvalue weighted by atomic mass is 35.5. The summed E-state index contributed by atoms with van der Waals surface area (Å²) in [5.41, 5.74) is 5.00. The molecule has 1 atom stereocenters. The SMILES string of the molecule is C[C@H](CCc1ccccc1)NC(=O)c1ccc2c(Cl)c3c(nc2c1)CCC3. The summed E-state index contributed by atoms with van der Waals surface area (Å²) >= 11 is 6.56. The van der Waals surface area contributed by atoms with Crippen LogP contribution in [0.3, 0.4) is 0 Å². The molecule has 1 aliphatic rings. The molecule has 0 aliphatic heterocycles. The van der Waals surface area contributed by atoms with Gasteiger partial charge in [-0.2, -0.15) is 0 Å². The average Bonchev–Trinajstić information content (AvgIpc) is 3.16. The third-order valence-corrected chi connectivity index (χ3v) is 5.72. The standard InChI is InChI=1S/C23H23ClN2O/c1-15(10-11-16-6-3-2-4-7-16)25-23(27)17-12-13-19-21(14-17)26-20-9-5-8-18(20)22(19)24/h2-4,6-7,12-15H,5,8-11H2,1H3,(H,25,27)/t15-/m1/s1. The molecular weight excluding hydrogens is 356 g/mol. The van der Waals surface area contributed by atoms with Crippen molar-refractivity contribution < 1.29 is 4.79 Å². The van der Waals surface area contributed by atoms with E-state index in [-0.39, 0.29) is 11.9 Å². The number of nitrogens with one attached hydrogen (secondary N) is 1. The monoisotopic (exact) mass is 378 g/mol. The smallest absolute Gasteiger partial charge is 0.251 e. The lowest BCUT2D eigenvalue weighted by molar-refractivity contribution is 0.0938. The van der Waals surface area contributed by atoms with Gasteiger partial charge in [0.15, 0.2) is 0 Å². The Morgan fingerprint density at radius 2 is 2.00 bits per heavy atom. The van der Waals surface area contributed by atoms with Crippen molar-refractivity contribution in [2.75, 3.05) is 0 Å². The number of pyridine rings is 1. The van der Waals surface area contributed by atoms with Gasteiger partial charge < -0.3 is 5.32 Å². The molecule has 0 bridgehead atoms. The minimum Gasteiger partial charge on any atom is -0.350 e. The summed E-state index contributed by atoms with van der Waals surface area (Å²) in [6.07, 6.45) is 4.92. The van der Waals surface area contributed by atoms with Crippen LogP contribution in [0.4, 0.5) is 0 Å². The van der Waals surface area contributed by atoms with Crippen LogP contribution in [-0.2, 0) is 19.3 Å². The number of hydrogen-bond donors (Lipinski definition) is 1. The van der Waals surface area contributed by atoms with Crippen molar-refractivity contribution in [2.24, 2.45) is 0 Å². The van der Waals surface area contributed by atoms with Gasteiger partial charge in [-0.3, -0.25) is 9.78 Å². The van der Waals surface area contributed by atoms with E-state index in [0.717, 1.165) is 53.7 Å². The van der Waals surface area contributed by atoms with E-state index in [4.69, 9.17) is 16.6 Å². The summed E-state index contributed by atoms with van der Waals surface area (Å²) in [6.45, 7) is 2.05. The quantitative estimate of drug-likeness (QED) is 0.668. The molecule has 2 aromatic carbocycles. The number of carbonyl (C=O) groups is 1. The molecule has 138 valence electrons. The maximum absolute atomic E-state index is 12.7. The van der Waals surface area contributed by atoms with Gasteiger partial charge in [0.2, 0.25) is 0 Å². The summed E-state index contributed by atoms with van der Waals surface area (Å²) in [5.74, 6) is -0.0594. The van der Waals surface area contributed by atoms with Crippen molar-refractivity contribution in [2.45, 2.75) is 45.1 Å². The molecule has 1 amide bonds. The van der Waals surface area contributed by atoms with E-state index in [2.05, 4.69) is 17.4 Å². The molecule has 3 nitrogen and oxygen atoms in total. The second kappa shape index (κ2) is 7.69. The van der Waals surface area contributed by atoms with Gasteiger partial charge in [0.25, 0.3) is 5.91 Å². The third-order valence-electron chi connectivity index (χ3n) is 5.29. The summed E-state index contributed by atoms with van der Waals surface area (Å²) in [7, 11) is 0. The molecule has 3 aromatic rings. The Morgan fingerprint density at radius 3 is 2.81 bits per heavy atom. The lowest BCUT2D eigenvalue weighted by Crippen LogP contribution is -2.32. The van der Waals surface area contributed by atoms with Crippen LogP contribution in [0.15, 0.2) is 48.5 Å². The normalized spacial score (nSPS) is 14.1. The summed E-state index contributed by atoms with van der Waals surface area (Å²) < 4.78 is 0. The fraction of sp³-hybridized carbons (Fsp3) is 0.304. The third kappa shape index (κ3) is 3.84. The maximum atomic E-state index is 12.7. The van der Waals surface area contributed by atoms with Crippen molar-refractivity contribution in [1.82, 2.24) is 10.3 Å². The number of rotatable bonds is 5. The van der Waals surface area contributed by atoms with Gasteiger partial charge in [-0.25, -0.2) is 0 Å². The molecule has 1 aromatic heterocycles. The summed E-state index contributed by atoms with van der Waals surface area (Å²) in [4.78, 5) is 17.4. The Labute approximate surface area is 164 Å². The summed E-state index contributed by atoms with van der Waals surface area (Å²) in [6, 6.07) is 16.1. The highest BCUT2D eigenvalue weighted by Crippen LogP contribution is 2.33. The van der Waals surface area contributed by atoms with Crippen molar-refractivity contribution >= 4 is 28.4 Å². The molecule has 0 spiro atoms. The molecule has 1 heterocycles. The Hall–Kier alpha value is -2.39. The molecule has 0 saturated carbocycles.